The summed E-state index contributed by atoms with van der Waals surface area (Å²) in [6.07, 6.45) is 1.79. The van der Waals surface area contributed by atoms with Gasteiger partial charge in [0.15, 0.2) is 0 Å². The Hall–Kier alpha value is -0.640. The number of alkyl halides is 2. The van der Waals surface area contributed by atoms with E-state index in [9.17, 15) is 0 Å². The van der Waals surface area contributed by atoms with E-state index < -0.39 is 0 Å². The summed E-state index contributed by atoms with van der Waals surface area (Å²) in [5.74, 6) is 1.46. The Kier molecular flexibility index (Phi) is 7.13. The van der Waals surface area contributed by atoms with E-state index in [0.717, 1.165) is 34.7 Å². The lowest BCUT2D eigenvalue weighted by molar-refractivity contribution is 0.312. The molecule has 0 radical (unpaired) electrons. The van der Waals surface area contributed by atoms with Crippen molar-refractivity contribution in [3.8, 4) is 11.5 Å². The fraction of sp³-hybridized carbons (Fsp3) is 0.412. The van der Waals surface area contributed by atoms with Crippen LogP contribution in [0.2, 0.25) is 5.02 Å². The molecule has 0 aromatic heterocycles. The summed E-state index contributed by atoms with van der Waals surface area (Å²) in [6.45, 7) is 3.15. The van der Waals surface area contributed by atoms with Crippen molar-refractivity contribution in [3.05, 3.63) is 35.4 Å². The van der Waals surface area contributed by atoms with E-state index >= 15 is 0 Å². The lowest BCUT2D eigenvalue weighted by Gasteiger charge is -2.16. The lowest BCUT2D eigenvalue weighted by Crippen LogP contribution is -2.12. The second kappa shape index (κ2) is 8.85. The fourth-order valence-electron chi connectivity index (χ4n) is 2.14. The molecule has 2 rings (SSSR count). The molecule has 0 bridgehead atoms. The van der Waals surface area contributed by atoms with Crippen LogP contribution in [0.1, 0.15) is 19.8 Å². The maximum absolute atomic E-state index is 6.38. The fourth-order valence-corrected chi connectivity index (χ4v) is 3.38. The van der Waals surface area contributed by atoms with Gasteiger partial charge in [0.25, 0.3) is 0 Å². The summed E-state index contributed by atoms with van der Waals surface area (Å²) in [6, 6.07) is 9.76. The van der Waals surface area contributed by atoms with Crippen LogP contribution in [0.25, 0.3) is 10.8 Å². The number of rotatable bonds is 8. The Balaban J connectivity index is 2.31. The molecule has 0 N–H and O–H groups in total. The van der Waals surface area contributed by atoms with Crippen molar-refractivity contribution in [2.24, 2.45) is 0 Å². The third-order valence-corrected chi connectivity index (χ3v) is 4.29. The van der Waals surface area contributed by atoms with E-state index in [0.29, 0.717) is 24.0 Å². The van der Waals surface area contributed by atoms with Crippen LogP contribution in [0.4, 0.5) is 0 Å². The summed E-state index contributed by atoms with van der Waals surface area (Å²) >= 11 is 16.0. The molecule has 2 aromatic carbocycles. The molecular formula is C17H19BrCl2O2. The first-order chi connectivity index (χ1) is 10.7. The van der Waals surface area contributed by atoms with Crippen molar-refractivity contribution in [2.75, 3.05) is 18.5 Å². The zero-order valence-corrected chi connectivity index (χ0v) is 15.5. The minimum Gasteiger partial charge on any atom is -0.491 e. The molecule has 0 spiro atoms. The molecule has 5 heteroatoms. The average Bonchev–Trinajstić information content (AvgIpc) is 2.52. The second-order valence-corrected chi connectivity index (χ2v) is 6.78. The van der Waals surface area contributed by atoms with Crippen LogP contribution in [-0.4, -0.2) is 23.9 Å². The van der Waals surface area contributed by atoms with Crippen LogP contribution in [0.5, 0.6) is 11.5 Å². The largest absolute Gasteiger partial charge is 0.491 e. The standard InChI is InChI=1S/C17H19BrCl2O2/c1-2-9-21-17-14-6-4-3-5-13(14)16(10-15(17)20)22-11-12(19)7-8-18/h3-6,10,12H,2,7-9,11H2,1H3. The average molecular weight is 406 g/mol. The maximum atomic E-state index is 6.38. The topological polar surface area (TPSA) is 18.5 Å². The predicted octanol–water partition coefficient (Wildman–Crippen LogP) is 6.05. The number of benzene rings is 2. The lowest BCUT2D eigenvalue weighted by atomic mass is 10.1. The Morgan fingerprint density at radius 3 is 2.59 bits per heavy atom. The highest BCUT2D eigenvalue weighted by Gasteiger charge is 2.14. The van der Waals surface area contributed by atoms with E-state index in [-0.39, 0.29) is 5.38 Å². The van der Waals surface area contributed by atoms with Crippen LogP contribution >= 0.6 is 39.1 Å². The van der Waals surface area contributed by atoms with Gasteiger partial charge in [-0.05, 0) is 12.8 Å². The maximum Gasteiger partial charge on any atom is 0.145 e. The molecule has 0 aliphatic rings. The zero-order chi connectivity index (χ0) is 15.9. The number of ether oxygens (including phenoxy) is 2. The van der Waals surface area contributed by atoms with Gasteiger partial charge in [0.05, 0.1) is 17.0 Å². The summed E-state index contributed by atoms with van der Waals surface area (Å²) in [4.78, 5) is 0. The molecule has 0 amide bonds. The van der Waals surface area contributed by atoms with Crippen molar-refractivity contribution >= 4 is 49.9 Å². The van der Waals surface area contributed by atoms with E-state index in [1.165, 1.54) is 0 Å². The number of hydrogen-bond donors (Lipinski definition) is 0. The van der Waals surface area contributed by atoms with Crippen LogP contribution < -0.4 is 9.47 Å². The first-order valence-electron chi connectivity index (χ1n) is 7.34. The van der Waals surface area contributed by atoms with Gasteiger partial charge in [-0.3, -0.25) is 0 Å². The molecule has 0 aliphatic carbocycles. The van der Waals surface area contributed by atoms with E-state index in [1.807, 2.05) is 30.3 Å². The van der Waals surface area contributed by atoms with E-state index in [4.69, 9.17) is 32.7 Å². The smallest absolute Gasteiger partial charge is 0.145 e. The first-order valence-corrected chi connectivity index (χ1v) is 9.27. The third-order valence-electron chi connectivity index (χ3n) is 3.20. The Bertz CT molecular complexity index is 619. The molecule has 1 atom stereocenters. The summed E-state index contributed by atoms with van der Waals surface area (Å²) in [7, 11) is 0. The number of hydrogen-bond acceptors (Lipinski definition) is 2. The van der Waals surface area contributed by atoms with Crippen molar-refractivity contribution in [1.82, 2.24) is 0 Å². The molecule has 0 fully saturated rings. The minimum absolute atomic E-state index is 0.0343. The zero-order valence-electron chi connectivity index (χ0n) is 12.5. The summed E-state index contributed by atoms with van der Waals surface area (Å²) in [5, 5.41) is 3.34. The number of fused-ring (bicyclic) bond motifs is 1. The van der Waals surface area contributed by atoms with Gasteiger partial charge < -0.3 is 9.47 Å². The van der Waals surface area contributed by atoms with Crippen LogP contribution in [0.3, 0.4) is 0 Å². The summed E-state index contributed by atoms with van der Waals surface area (Å²) in [5.41, 5.74) is 0. The van der Waals surface area contributed by atoms with Gasteiger partial charge in [0.2, 0.25) is 0 Å². The van der Waals surface area contributed by atoms with Gasteiger partial charge >= 0.3 is 0 Å². The van der Waals surface area contributed by atoms with Gasteiger partial charge in [0.1, 0.15) is 18.1 Å². The highest BCUT2D eigenvalue weighted by atomic mass is 79.9. The van der Waals surface area contributed by atoms with E-state index in [2.05, 4.69) is 22.9 Å². The number of halogens is 3. The van der Waals surface area contributed by atoms with Gasteiger partial charge in [-0.1, -0.05) is 58.7 Å². The molecule has 0 saturated heterocycles. The quantitative estimate of drug-likeness (QED) is 0.497. The van der Waals surface area contributed by atoms with Gasteiger partial charge in [-0.25, -0.2) is 0 Å². The summed E-state index contributed by atoms with van der Waals surface area (Å²) < 4.78 is 11.7. The SMILES string of the molecule is CCCOc1c(Cl)cc(OCC(Cl)CCBr)c2ccccc12. The normalized spacial score (nSPS) is 12.4. The molecule has 0 heterocycles. The third kappa shape index (κ3) is 4.43. The highest BCUT2D eigenvalue weighted by Crippen LogP contribution is 2.39. The van der Waals surface area contributed by atoms with Crippen LogP contribution in [0.15, 0.2) is 30.3 Å². The van der Waals surface area contributed by atoms with Crippen molar-refractivity contribution in [3.63, 3.8) is 0 Å². The Morgan fingerprint density at radius 1 is 1.18 bits per heavy atom. The molecule has 22 heavy (non-hydrogen) atoms. The molecule has 0 saturated carbocycles. The minimum atomic E-state index is -0.0343. The second-order valence-electron chi connectivity index (χ2n) is 4.97. The van der Waals surface area contributed by atoms with Gasteiger partial charge in [-0.2, -0.15) is 0 Å². The molecule has 2 aromatic rings. The molecule has 0 aliphatic heterocycles. The van der Waals surface area contributed by atoms with Gasteiger partial charge in [-0.15, -0.1) is 11.6 Å². The predicted molar refractivity (Wildman–Crippen MR) is 98.3 cm³/mol. The monoisotopic (exact) mass is 404 g/mol. The van der Waals surface area contributed by atoms with Crippen LogP contribution in [0, 0.1) is 0 Å². The van der Waals surface area contributed by atoms with Crippen molar-refractivity contribution in [1.29, 1.82) is 0 Å². The van der Waals surface area contributed by atoms with Crippen molar-refractivity contribution < 1.29 is 9.47 Å². The Morgan fingerprint density at radius 2 is 1.91 bits per heavy atom. The molecule has 120 valence electrons. The van der Waals surface area contributed by atoms with E-state index in [1.54, 1.807) is 0 Å². The van der Waals surface area contributed by atoms with Crippen molar-refractivity contribution in [2.45, 2.75) is 25.1 Å². The van der Waals surface area contributed by atoms with Crippen LogP contribution in [-0.2, 0) is 0 Å². The molecular weight excluding hydrogens is 387 g/mol. The first kappa shape index (κ1) is 17.7. The highest BCUT2D eigenvalue weighted by molar-refractivity contribution is 9.09. The molecule has 2 nitrogen and oxygen atoms in total. The molecule has 1 unspecified atom stereocenters. The Labute approximate surface area is 149 Å². The van der Waals surface area contributed by atoms with Gasteiger partial charge in [0, 0.05) is 22.2 Å².